The molecule has 0 bridgehead atoms. The molecule has 2 aliphatic rings. The van der Waals surface area contributed by atoms with E-state index in [0.717, 1.165) is 36.0 Å². The molecule has 0 saturated carbocycles. The minimum Gasteiger partial charge on any atom is -0.497 e. The lowest BCUT2D eigenvalue weighted by Crippen LogP contribution is -2.53. The van der Waals surface area contributed by atoms with Crippen LogP contribution >= 0.6 is 0 Å². The van der Waals surface area contributed by atoms with Crippen molar-refractivity contribution >= 4 is 23.3 Å². The minimum atomic E-state index is -0.193. The largest absolute Gasteiger partial charge is 0.497 e. The zero-order chi connectivity index (χ0) is 21.8. The van der Waals surface area contributed by atoms with Crippen LogP contribution in [0.3, 0.4) is 0 Å². The predicted molar refractivity (Wildman–Crippen MR) is 119 cm³/mol. The molecule has 2 aliphatic heterocycles. The fourth-order valence-electron chi connectivity index (χ4n) is 4.04. The number of benzene rings is 2. The van der Waals surface area contributed by atoms with Crippen molar-refractivity contribution in [1.29, 1.82) is 0 Å². The van der Waals surface area contributed by atoms with Crippen LogP contribution in [-0.2, 0) is 4.79 Å². The third-order valence-corrected chi connectivity index (χ3v) is 5.84. The summed E-state index contributed by atoms with van der Waals surface area (Å²) in [5.74, 6) is 1.59. The maximum absolute atomic E-state index is 12.7. The summed E-state index contributed by atoms with van der Waals surface area (Å²) in [6, 6.07) is 15.0. The van der Waals surface area contributed by atoms with Gasteiger partial charge in [0.15, 0.2) is 0 Å². The van der Waals surface area contributed by atoms with Crippen molar-refractivity contribution < 1.29 is 19.1 Å². The molecule has 0 radical (unpaired) electrons. The van der Waals surface area contributed by atoms with Crippen molar-refractivity contribution in [3.63, 3.8) is 0 Å². The first-order valence-electron chi connectivity index (χ1n) is 10.5. The lowest BCUT2D eigenvalue weighted by atomic mass is 10.2. The molecular weight excluding hydrogens is 396 g/mol. The van der Waals surface area contributed by atoms with Crippen molar-refractivity contribution in [2.75, 3.05) is 56.7 Å². The number of carbonyl (C=O) groups is 2. The number of anilines is 2. The number of hydrogen-bond acceptors (Lipinski definition) is 5. The number of methoxy groups -OCH3 is 2. The van der Waals surface area contributed by atoms with Crippen molar-refractivity contribution in [3.8, 4) is 11.5 Å². The van der Waals surface area contributed by atoms with E-state index in [1.165, 1.54) is 0 Å². The number of rotatable bonds is 5. The summed E-state index contributed by atoms with van der Waals surface area (Å²) in [5, 5.41) is 3.04. The van der Waals surface area contributed by atoms with Crippen LogP contribution in [0.1, 0.15) is 6.42 Å². The molecule has 2 fully saturated rings. The van der Waals surface area contributed by atoms with Gasteiger partial charge in [-0.1, -0.05) is 0 Å². The second kappa shape index (κ2) is 9.16. The summed E-state index contributed by atoms with van der Waals surface area (Å²) in [6.45, 7) is 3.28. The molecule has 3 amide bonds. The van der Waals surface area contributed by atoms with Gasteiger partial charge in [0.05, 0.1) is 20.3 Å². The summed E-state index contributed by atoms with van der Waals surface area (Å²) >= 11 is 0. The molecule has 2 aromatic carbocycles. The summed E-state index contributed by atoms with van der Waals surface area (Å²) < 4.78 is 10.4. The van der Waals surface area contributed by atoms with E-state index < -0.39 is 0 Å². The van der Waals surface area contributed by atoms with E-state index in [4.69, 9.17) is 9.47 Å². The smallest absolute Gasteiger partial charge is 0.317 e. The Morgan fingerprint density at radius 1 is 0.871 bits per heavy atom. The molecule has 0 aromatic heterocycles. The van der Waals surface area contributed by atoms with Gasteiger partial charge in [0, 0.05) is 50.5 Å². The molecular formula is C23H28N4O4. The van der Waals surface area contributed by atoms with Gasteiger partial charge in [0.2, 0.25) is 5.91 Å². The van der Waals surface area contributed by atoms with Crippen molar-refractivity contribution in [1.82, 2.24) is 10.2 Å². The van der Waals surface area contributed by atoms with Crippen molar-refractivity contribution in [2.24, 2.45) is 0 Å². The minimum absolute atomic E-state index is 0.0137. The number of carbonyl (C=O) groups excluding carboxylic acids is 2. The lowest BCUT2D eigenvalue weighted by Gasteiger charge is -2.36. The molecule has 2 heterocycles. The van der Waals surface area contributed by atoms with Gasteiger partial charge >= 0.3 is 6.03 Å². The molecule has 31 heavy (non-hydrogen) atoms. The zero-order valence-electron chi connectivity index (χ0n) is 17.9. The highest BCUT2D eigenvalue weighted by Crippen LogP contribution is 2.24. The van der Waals surface area contributed by atoms with E-state index >= 15 is 0 Å². The van der Waals surface area contributed by atoms with Crippen LogP contribution in [0.2, 0.25) is 0 Å². The van der Waals surface area contributed by atoms with Crippen LogP contribution in [0.25, 0.3) is 0 Å². The molecule has 0 aliphatic carbocycles. The number of nitrogens with zero attached hydrogens (tertiary/aromatic N) is 3. The Labute approximate surface area is 182 Å². The standard InChI is InChI=1S/C23H28N4O4/c1-30-20-7-3-18(4-8-20)25-11-13-26(14-12-25)23(29)24-17-15-22(28)27(16-17)19-5-9-21(31-2)10-6-19/h3-10,17H,11-16H2,1-2H3,(H,24,29)/t17-/m0/s1. The maximum Gasteiger partial charge on any atom is 0.317 e. The Morgan fingerprint density at radius 3 is 1.97 bits per heavy atom. The number of nitrogens with one attached hydrogen (secondary N) is 1. The predicted octanol–water partition coefficient (Wildman–Crippen LogP) is 2.34. The third-order valence-electron chi connectivity index (χ3n) is 5.84. The Morgan fingerprint density at radius 2 is 1.42 bits per heavy atom. The molecule has 1 N–H and O–H groups in total. The van der Waals surface area contributed by atoms with Gasteiger partial charge in [-0.05, 0) is 48.5 Å². The average molecular weight is 425 g/mol. The summed E-state index contributed by atoms with van der Waals surface area (Å²) in [7, 11) is 3.26. The Hall–Kier alpha value is -3.42. The van der Waals surface area contributed by atoms with Crippen LogP contribution in [0.15, 0.2) is 48.5 Å². The molecule has 2 aromatic rings. The van der Waals surface area contributed by atoms with Crippen LogP contribution < -0.4 is 24.6 Å². The molecule has 0 unspecified atom stereocenters. The van der Waals surface area contributed by atoms with Gasteiger partial charge in [-0.3, -0.25) is 4.79 Å². The van der Waals surface area contributed by atoms with E-state index in [9.17, 15) is 9.59 Å². The third kappa shape index (κ3) is 4.68. The highest BCUT2D eigenvalue weighted by Gasteiger charge is 2.33. The molecule has 164 valence electrons. The van der Waals surface area contributed by atoms with Gasteiger partial charge < -0.3 is 29.5 Å². The van der Waals surface area contributed by atoms with E-state index in [0.29, 0.717) is 26.1 Å². The van der Waals surface area contributed by atoms with Crippen molar-refractivity contribution in [3.05, 3.63) is 48.5 Å². The molecule has 4 rings (SSSR count). The topological polar surface area (TPSA) is 74.4 Å². The van der Waals surface area contributed by atoms with Crippen LogP contribution in [0.5, 0.6) is 11.5 Å². The van der Waals surface area contributed by atoms with Crippen molar-refractivity contribution in [2.45, 2.75) is 12.5 Å². The first-order chi connectivity index (χ1) is 15.1. The van der Waals surface area contributed by atoms with E-state index in [1.54, 1.807) is 19.1 Å². The van der Waals surface area contributed by atoms with Gasteiger partial charge in [0.1, 0.15) is 11.5 Å². The Kier molecular flexibility index (Phi) is 6.16. The fourth-order valence-corrected chi connectivity index (χ4v) is 4.04. The summed E-state index contributed by atoms with van der Waals surface area (Å²) in [6.07, 6.45) is 0.309. The second-order valence-electron chi connectivity index (χ2n) is 7.73. The van der Waals surface area contributed by atoms with Gasteiger partial charge in [-0.25, -0.2) is 4.79 Å². The number of urea groups is 1. The fraction of sp³-hybridized carbons (Fsp3) is 0.391. The van der Waals surface area contributed by atoms with Crippen LogP contribution in [0, 0.1) is 0 Å². The average Bonchev–Trinajstić information content (AvgIpc) is 3.19. The van der Waals surface area contributed by atoms with Gasteiger partial charge in [-0.2, -0.15) is 0 Å². The Balaban J connectivity index is 1.28. The normalized spacial score (nSPS) is 18.8. The highest BCUT2D eigenvalue weighted by molar-refractivity contribution is 5.96. The number of hydrogen-bond donors (Lipinski definition) is 1. The first kappa shape index (κ1) is 20.8. The molecule has 8 heteroatoms. The zero-order valence-corrected chi connectivity index (χ0v) is 17.9. The van der Waals surface area contributed by atoms with E-state index in [-0.39, 0.29) is 18.0 Å². The second-order valence-corrected chi connectivity index (χ2v) is 7.73. The van der Waals surface area contributed by atoms with Crippen LogP contribution in [-0.4, -0.2) is 69.8 Å². The first-order valence-corrected chi connectivity index (χ1v) is 10.5. The van der Waals surface area contributed by atoms with E-state index in [2.05, 4.69) is 10.2 Å². The SMILES string of the molecule is COc1ccc(N2CCN(C(=O)N[C@H]3CC(=O)N(c4ccc(OC)cc4)C3)CC2)cc1. The summed E-state index contributed by atoms with van der Waals surface area (Å²) in [5.41, 5.74) is 1.94. The van der Waals surface area contributed by atoms with Gasteiger partial charge in [-0.15, -0.1) is 0 Å². The molecule has 0 spiro atoms. The maximum atomic E-state index is 12.7. The highest BCUT2D eigenvalue weighted by atomic mass is 16.5. The molecule has 1 atom stereocenters. The summed E-state index contributed by atoms with van der Waals surface area (Å²) in [4.78, 5) is 31.0. The molecule has 8 nitrogen and oxygen atoms in total. The Bertz CT molecular complexity index is 908. The quantitative estimate of drug-likeness (QED) is 0.798. The monoisotopic (exact) mass is 424 g/mol. The lowest BCUT2D eigenvalue weighted by molar-refractivity contribution is -0.117. The number of amides is 3. The number of ether oxygens (including phenoxy) is 2. The molecule has 2 saturated heterocycles. The van der Waals surface area contributed by atoms with Crippen LogP contribution in [0.4, 0.5) is 16.2 Å². The number of piperazine rings is 1. The van der Waals surface area contributed by atoms with E-state index in [1.807, 2.05) is 53.4 Å². The van der Waals surface area contributed by atoms with Gasteiger partial charge in [0.25, 0.3) is 0 Å².